The van der Waals surface area contributed by atoms with E-state index in [1.165, 1.54) is 12.1 Å². The summed E-state index contributed by atoms with van der Waals surface area (Å²) in [5.74, 6) is -0.389. The highest BCUT2D eigenvalue weighted by molar-refractivity contribution is 6.05. The highest BCUT2D eigenvalue weighted by atomic mass is 19.2. The van der Waals surface area contributed by atoms with Crippen LogP contribution < -0.4 is 15.1 Å². The van der Waals surface area contributed by atoms with E-state index in [1.807, 2.05) is 30.0 Å². The largest absolute Gasteiger partial charge is 0.350 e. The van der Waals surface area contributed by atoms with Gasteiger partial charge in [0.15, 0.2) is 17.5 Å². The van der Waals surface area contributed by atoms with E-state index >= 15 is 0 Å². The fourth-order valence-electron chi connectivity index (χ4n) is 4.17. The van der Waals surface area contributed by atoms with Gasteiger partial charge >= 0.3 is 0 Å². The molecule has 10 heteroatoms. The zero-order valence-corrected chi connectivity index (χ0v) is 17.8. The number of amides is 1. The maximum absolute atomic E-state index is 13.4. The van der Waals surface area contributed by atoms with Crippen molar-refractivity contribution >= 4 is 23.4 Å². The lowest BCUT2D eigenvalue weighted by Gasteiger charge is -2.41. The Bertz CT molecular complexity index is 1200. The molecule has 2 aromatic heterocycles. The summed E-state index contributed by atoms with van der Waals surface area (Å²) in [6, 6.07) is 3.55. The SMILES string of the molecule is C[C@H]1C(=O)N2CCCc3nc(NCc4cnn(Cc5ccc(F)c(F)c5)c4)nc(c32)N1C. The van der Waals surface area contributed by atoms with Gasteiger partial charge in [0.1, 0.15) is 11.7 Å². The molecule has 0 unspecified atom stereocenters. The lowest BCUT2D eigenvalue weighted by molar-refractivity contribution is -0.119. The average molecular weight is 439 g/mol. The highest BCUT2D eigenvalue weighted by Crippen LogP contribution is 2.39. The van der Waals surface area contributed by atoms with Crippen molar-refractivity contribution in [3.63, 3.8) is 0 Å². The first-order chi connectivity index (χ1) is 15.4. The molecule has 3 aromatic rings. The molecule has 0 saturated carbocycles. The summed E-state index contributed by atoms with van der Waals surface area (Å²) in [4.78, 5) is 25.7. The van der Waals surface area contributed by atoms with Crippen LogP contribution in [0.25, 0.3) is 0 Å². The molecule has 0 bridgehead atoms. The monoisotopic (exact) mass is 439 g/mol. The van der Waals surface area contributed by atoms with Gasteiger partial charge in [0, 0.05) is 31.9 Å². The third-order valence-electron chi connectivity index (χ3n) is 6.01. The van der Waals surface area contributed by atoms with Gasteiger partial charge in [-0.3, -0.25) is 9.48 Å². The number of hydrogen-bond acceptors (Lipinski definition) is 6. The first-order valence-corrected chi connectivity index (χ1v) is 10.5. The number of carbonyl (C=O) groups is 1. The molecule has 0 spiro atoms. The van der Waals surface area contributed by atoms with Gasteiger partial charge in [-0.2, -0.15) is 10.1 Å². The van der Waals surface area contributed by atoms with Crippen LogP contribution in [0, 0.1) is 11.6 Å². The molecule has 0 saturated heterocycles. The van der Waals surface area contributed by atoms with Crippen LogP contribution in [-0.2, 0) is 24.3 Å². The molecule has 8 nitrogen and oxygen atoms in total. The second kappa shape index (κ2) is 7.85. The fourth-order valence-corrected chi connectivity index (χ4v) is 4.17. The Hall–Kier alpha value is -3.56. The zero-order valence-electron chi connectivity index (χ0n) is 17.8. The Kier molecular flexibility index (Phi) is 4.99. The Morgan fingerprint density at radius 2 is 2.03 bits per heavy atom. The molecular weight excluding hydrogens is 416 g/mol. The maximum atomic E-state index is 13.4. The first-order valence-electron chi connectivity index (χ1n) is 10.5. The molecule has 1 N–H and O–H groups in total. The Morgan fingerprint density at radius 3 is 2.84 bits per heavy atom. The first kappa shape index (κ1) is 20.3. The molecule has 1 amide bonds. The van der Waals surface area contributed by atoms with Crippen LogP contribution in [0.1, 0.15) is 30.2 Å². The van der Waals surface area contributed by atoms with E-state index in [9.17, 15) is 13.6 Å². The van der Waals surface area contributed by atoms with Gasteiger partial charge in [-0.15, -0.1) is 0 Å². The minimum absolute atomic E-state index is 0.0821. The van der Waals surface area contributed by atoms with Crippen LogP contribution in [0.4, 0.5) is 26.2 Å². The van der Waals surface area contributed by atoms with E-state index < -0.39 is 11.6 Å². The predicted molar refractivity (Wildman–Crippen MR) is 116 cm³/mol. The van der Waals surface area contributed by atoms with Crippen molar-refractivity contribution in [1.82, 2.24) is 19.7 Å². The van der Waals surface area contributed by atoms with E-state index in [0.717, 1.165) is 41.7 Å². The lowest BCUT2D eigenvalue weighted by Crippen LogP contribution is -2.53. The van der Waals surface area contributed by atoms with E-state index in [-0.39, 0.29) is 11.9 Å². The highest BCUT2D eigenvalue weighted by Gasteiger charge is 2.38. The molecule has 0 aliphatic carbocycles. The molecule has 5 rings (SSSR count). The predicted octanol–water partition coefficient (Wildman–Crippen LogP) is 2.73. The number of likely N-dealkylation sites (N-methyl/N-ethyl adjacent to an activating group) is 1. The van der Waals surface area contributed by atoms with Crippen molar-refractivity contribution < 1.29 is 13.6 Å². The second-order valence-electron chi connectivity index (χ2n) is 8.19. The zero-order chi connectivity index (χ0) is 22.4. The quantitative estimate of drug-likeness (QED) is 0.659. The summed E-state index contributed by atoms with van der Waals surface area (Å²) < 4.78 is 28.2. The van der Waals surface area contributed by atoms with Gasteiger partial charge in [-0.1, -0.05) is 6.07 Å². The van der Waals surface area contributed by atoms with Crippen LogP contribution in [0.15, 0.2) is 30.6 Å². The van der Waals surface area contributed by atoms with Crippen molar-refractivity contribution in [3.05, 3.63) is 59.0 Å². The number of aryl methyl sites for hydroxylation is 1. The number of nitrogens with zero attached hydrogens (tertiary/aromatic N) is 6. The number of aromatic nitrogens is 4. The average Bonchev–Trinajstić information content (AvgIpc) is 3.24. The number of nitrogens with one attached hydrogen (secondary N) is 1. The summed E-state index contributed by atoms with van der Waals surface area (Å²) in [6.45, 7) is 3.38. The Balaban J connectivity index is 1.32. The number of anilines is 3. The molecule has 1 atom stereocenters. The standard InChI is InChI=1S/C22H23F2N7O/c1-13-21(32)31-7-3-4-18-19(31)20(29(13)2)28-22(27-18)25-9-15-10-26-30(12-15)11-14-5-6-16(23)17(24)8-14/h5-6,8,10,12-13H,3-4,7,9,11H2,1-2H3,(H,25,27,28)/t13-/m0/s1. The minimum Gasteiger partial charge on any atom is -0.350 e. The molecule has 166 valence electrons. The minimum atomic E-state index is -0.871. The molecular formula is C22H23F2N7O. The van der Waals surface area contributed by atoms with Gasteiger partial charge in [-0.25, -0.2) is 13.8 Å². The van der Waals surface area contributed by atoms with Crippen LogP contribution in [0.5, 0.6) is 0 Å². The third kappa shape index (κ3) is 3.55. The molecule has 2 aliphatic heterocycles. The van der Waals surface area contributed by atoms with Crippen LogP contribution in [0.3, 0.4) is 0 Å². The number of benzene rings is 1. The normalized spacial score (nSPS) is 17.5. The van der Waals surface area contributed by atoms with Crippen LogP contribution in [0.2, 0.25) is 0 Å². The summed E-state index contributed by atoms with van der Waals surface area (Å²) in [7, 11) is 1.88. The summed E-state index contributed by atoms with van der Waals surface area (Å²) in [5, 5.41) is 7.55. The van der Waals surface area contributed by atoms with Crippen molar-refractivity contribution in [2.45, 2.75) is 38.9 Å². The molecule has 4 heterocycles. The number of rotatable bonds is 5. The van der Waals surface area contributed by atoms with Crippen molar-refractivity contribution in [3.8, 4) is 0 Å². The van der Waals surface area contributed by atoms with Gasteiger partial charge in [0.25, 0.3) is 0 Å². The van der Waals surface area contributed by atoms with Crippen molar-refractivity contribution in [2.24, 2.45) is 0 Å². The molecule has 32 heavy (non-hydrogen) atoms. The fraction of sp³-hybridized carbons (Fsp3) is 0.364. The van der Waals surface area contributed by atoms with Gasteiger partial charge in [0.05, 0.1) is 18.4 Å². The molecule has 1 aromatic carbocycles. The molecule has 0 radical (unpaired) electrons. The van der Waals surface area contributed by atoms with Crippen molar-refractivity contribution in [1.29, 1.82) is 0 Å². The summed E-state index contributed by atoms with van der Waals surface area (Å²) in [6.07, 6.45) is 5.23. The number of hydrogen-bond donors (Lipinski definition) is 1. The Labute approximate surface area is 183 Å². The van der Waals surface area contributed by atoms with Crippen molar-refractivity contribution in [2.75, 3.05) is 28.7 Å². The van der Waals surface area contributed by atoms with Gasteiger partial charge in [0.2, 0.25) is 11.9 Å². The molecule has 2 aliphatic rings. The third-order valence-corrected chi connectivity index (χ3v) is 6.01. The van der Waals surface area contributed by atoms with Crippen LogP contribution in [-0.4, -0.2) is 45.3 Å². The summed E-state index contributed by atoms with van der Waals surface area (Å²) in [5.41, 5.74) is 3.23. The second-order valence-corrected chi connectivity index (χ2v) is 8.19. The maximum Gasteiger partial charge on any atom is 0.249 e. The van der Waals surface area contributed by atoms with E-state index in [1.54, 1.807) is 10.9 Å². The van der Waals surface area contributed by atoms with Gasteiger partial charge < -0.3 is 15.1 Å². The Morgan fingerprint density at radius 1 is 1.19 bits per heavy atom. The smallest absolute Gasteiger partial charge is 0.249 e. The molecule has 0 fully saturated rings. The van der Waals surface area contributed by atoms with Crippen LogP contribution >= 0.6 is 0 Å². The van der Waals surface area contributed by atoms with E-state index in [0.29, 0.717) is 31.1 Å². The lowest BCUT2D eigenvalue weighted by atomic mass is 10.0. The van der Waals surface area contributed by atoms with E-state index in [4.69, 9.17) is 0 Å². The van der Waals surface area contributed by atoms with Gasteiger partial charge in [-0.05, 0) is 37.5 Å². The topological polar surface area (TPSA) is 79.2 Å². The van der Waals surface area contributed by atoms with E-state index in [2.05, 4.69) is 20.4 Å². The summed E-state index contributed by atoms with van der Waals surface area (Å²) >= 11 is 0. The number of halogens is 2. The number of carbonyl (C=O) groups excluding carboxylic acids is 1.